The highest BCUT2D eigenvalue weighted by atomic mass is 32.2. The van der Waals surface area contributed by atoms with Crippen LogP contribution in [0, 0.1) is 0 Å². The van der Waals surface area contributed by atoms with E-state index in [1.807, 2.05) is 54.6 Å². The minimum Gasteiger partial charge on any atom is -0.496 e. The molecule has 0 bridgehead atoms. The van der Waals surface area contributed by atoms with Gasteiger partial charge in [0.2, 0.25) is 0 Å². The fourth-order valence-electron chi connectivity index (χ4n) is 4.31. The molecule has 0 atom stereocenters. The molecule has 0 radical (unpaired) electrons. The average molecular weight is 551 g/mol. The van der Waals surface area contributed by atoms with Crippen LogP contribution in [-0.4, -0.2) is 41.1 Å². The number of methoxy groups -OCH3 is 3. The Morgan fingerprint density at radius 1 is 0.744 bits per heavy atom. The van der Waals surface area contributed by atoms with Crippen molar-refractivity contribution in [3.63, 3.8) is 0 Å². The third-order valence-corrected chi connectivity index (χ3v) is 6.52. The molecule has 0 aliphatic rings. The lowest BCUT2D eigenvalue weighted by Gasteiger charge is -2.21. The molecule has 4 rings (SSSR count). The third-order valence-electron chi connectivity index (χ3n) is 6.03. The molecular formula is C30H30O8S. The first-order valence-corrected chi connectivity index (χ1v) is 13.8. The molecule has 39 heavy (non-hydrogen) atoms. The number of aliphatic hydroxyl groups is 1. The highest BCUT2D eigenvalue weighted by molar-refractivity contribution is 7.86. The van der Waals surface area contributed by atoms with Crippen molar-refractivity contribution < 1.29 is 36.7 Å². The lowest BCUT2D eigenvalue weighted by Crippen LogP contribution is -2.05. The van der Waals surface area contributed by atoms with Gasteiger partial charge in [0.05, 0.1) is 34.2 Å². The van der Waals surface area contributed by atoms with Gasteiger partial charge in [-0.2, -0.15) is 8.42 Å². The molecule has 0 aliphatic carbocycles. The van der Waals surface area contributed by atoms with Crippen LogP contribution in [0.1, 0.15) is 11.1 Å². The first-order valence-electron chi connectivity index (χ1n) is 12.0. The minimum atomic E-state index is -3.65. The quantitative estimate of drug-likeness (QED) is 0.246. The molecule has 9 heteroatoms. The molecule has 0 saturated carbocycles. The van der Waals surface area contributed by atoms with Crippen molar-refractivity contribution in [1.82, 2.24) is 0 Å². The van der Waals surface area contributed by atoms with E-state index in [1.165, 1.54) is 7.11 Å². The summed E-state index contributed by atoms with van der Waals surface area (Å²) in [6.45, 7) is 0.0604. The van der Waals surface area contributed by atoms with Crippen LogP contribution >= 0.6 is 0 Å². The summed E-state index contributed by atoms with van der Waals surface area (Å²) in [6.07, 6.45) is 0.984. The van der Waals surface area contributed by atoms with Gasteiger partial charge in [-0.3, -0.25) is 0 Å². The topological polar surface area (TPSA) is 101 Å². The van der Waals surface area contributed by atoms with Gasteiger partial charge in [0, 0.05) is 16.7 Å². The van der Waals surface area contributed by atoms with E-state index in [4.69, 9.17) is 23.1 Å². The highest BCUT2D eigenvalue weighted by Gasteiger charge is 2.23. The Bertz CT molecular complexity index is 1530. The molecule has 8 nitrogen and oxygen atoms in total. The summed E-state index contributed by atoms with van der Waals surface area (Å²) in [6, 6.07) is 23.7. The van der Waals surface area contributed by atoms with Crippen molar-refractivity contribution in [1.29, 1.82) is 0 Å². The second kappa shape index (κ2) is 12.1. The Balaban J connectivity index is 1.75. The summed E-state index contributed by atoms with van der Waals surface area (Å²) in [5.74, 6) is 2.25. The SMILES string of the molecule is COc1cc(-c2c(OC)cc(-c3ccc(OS(C)(=O)=O)cc3)c(OC)c2CO)ccc1OCc1ccccc1. The van der Waals surface area contributed by atoms with E-state index < -0.39 is 10.1 Å². The third kappa shape index (κ3) is 6.45. The Kier molecular flexibility index (Phi) is 8.63. The van der Waals surface area contributed by atoms with E-state index in [0.717, 1.165) is 22.9 Å². The monoisotopic (exact) mass is 550 g/mol. The highest BCUT2D eigenvalue weighted by Crippen LogP contribution is 2.46. The number of ether oxygens (including phenoxy) is 4. The van der Waals surface area contributed by atoms with Crippen LogP contribution in [0.3, 0.4) is 0 Å². The van der Waals surface area contributed by atoms with E-state index >= 15 is 0 Å². The number of benzene rings is 4. The molecule has 0 saturated heterocycles. The molecule has 0 heterocycles. The van der Waals surface area contributed by atoms with E-state index in [1.54, 1.807) is 38.5 Å². The van der Waals surface area contributed by atoms with Crippen molar-refractivity contribution >= 4 is 10.1 Å². The Hall–Kier alpha value is -4.21. The Morgan fingerprint density at radius 2 is 1.41 bits per heavy atom. The van der Waals surface area contributed by atoms with E-state index in [9.17, 15) is 13.5 Å². The van der Waals surface area contributed by atoms with Crippen LogP contribution in [0.2, 0.25) is 0 Å². The second-order valence-corrected chi connectivity index (χ2v) is 10.2. The molecule has 4 aromatic carbocycles. The summed E-state index contributed by atoms with van der Waals surface area (Å²) < 4.78 is 51.0. The zero-order valence-corrected chi connectivity index (χ0v) is 22.9. The smallest absolute Gasteiger partial charge is 0.306 e. The van der Waals surface area contributed by atoms with Gasteiger partial charge < -0.3 is 28.2 Å². The van der Waals surface area contributed by atoms with Gasteiger partial charge >= 0.3 is 10.1 Å². The lowest BCUT2D eigenvalue weighted by molar-refractivity contribution is 0.273. The summed E-state index contributed by atoms with van der Waals surface area (Å²) >= 11 is 0. The zero-order chi connectivity index (χ0) is 28.0. The molecule has 0 spiro atoms. The first-order chi connectivity index (χ1) is 18.8. The maximum absolute atomic E-state index is 11.5. The van der Waals surface area contributed by atoms with Gasteiger partial charge in [-0.25, -0.2) is 0 Å². The molecule has 0 aliphatic heterocycles. The van der Waals surface area contributed by atoms with Crippen molar-refractivity contribution in [2.24, 2.45) is 0 Å². The number of hydrogen-bond donors (Lipinski definition) is 1. The largest absolute Gasteiger partial charge is 0.496 e. The summed E-state index contributed by atoms with van der Waals surface area (Å²) in [7, 11) is 0.994. The van der Waals surface area contributed by atoms with Gasteiger partial charge in [-0.15, -0.1) is 0 Å². The molecule has 0 amide bonds. The lowest BCUT2D eigenvalue weighted by atomic mass is 9.92. The van der Waals surface area contributed by atoms with Crippen molar-refractivity contribution in [2.45, 2.75) is 13.2 Å². The van der Waals surface area contributed by atoms with Crippen LogP contribution < -0.4 is 23.1 Å². The van der Waals surface area contributed by atoms with Crippen LogP contribution in [0.5, 0.6) is 28.7 Å². The van der Waals surface area contributed by atoms with Gasteiger partial charge in [0.15, 0.2) is 11.5 Å². The predicted octanol–water partition coefficient (Wildman–Crippen LogP) is 5.46. The fourth-order valence-corrected chi connectivity index (χ4v) is 4.77. The summed E-state index contributed by atoms with van der Waals surface area (Å²) in [5.41, 5.74) is 4.30. The van der Waals surface area contributed by atoms with Crippen molar-refractivity contribution in [2.75, 3.05) is 27.6 Å². The van der Waals surface area contributed by atoms with E-state index in [-0.39, 0.29) is 12.4 Å². The summed E-state index contributed by atoms with van der Waals surface area (Å²) in [5, 5.41) is 10.5. The normalized spacial score (nSPS) is 11.1. The van der Waals surface area contributed by atoms with Crippen molar-refractivity contribution in [3.8, 4) is 51.0 Å². The first kappa shape index (κ1) is 27.8. The van der Waals surface area contributed by atoms with Crippen LogP contribution in [0.25, 0.3) is 22.3 Å². The standard InChI is InChI=1S/C30H30O8S/c1-34-27-16-22(12-15-26(27)37-19-20-8-6-5-7-9-20)29-25(18-31)30(36-3)24(17-28(29)35-2)21-10-13-23(14-11-21)38-39(4,32)33/h5-17,31H,18-19H2,1-4H3. The molecule has 4 aromatic rings. The van der Waals surface area contributed by atoms with E-state index in [0.29, 0.717) is 46.3 Å². The average Bonchev–Trinajstić information content (AvgIpc) is 2.94. The van der Waals surface area contributed by atoms with Gasteiger partial charge in [0.25, 0.3) is 0 Å². The van der Waals surface area contributed by atoms with Crippen LogP contribution in [0.4, 0.5) is 0 Å². The second-order valence-electron chi connectivity index (χ2n) is 8.62. The molecule has 0 fully saturated rings. The molecular weight excluding hydrogens is 520 g/mol. The Morgan fingerprint density at radius 3 is 2.00 bits per heavy atom. The molecule has 204 valence electrons. The zero-order valence-electron chi connectivity index (χ0n) is 22.1. The van der Waals surface area contributed by atoms with Crippen LogP contribution in [-0.2, 0) is 23.3 Å². The minimum absolute atomic E-state index is 0.188. The van der Waals surface area contributed by atoms with Gasteiger partial charge in [0.1, 0.15) is 23.9 Å². The molecule has 0 unspecified atom stereocenters. The summed E-state index contributed by atoms with van der Waals surface area (Å²) in [4.78, 5) is 0. The van der Waals surface area contributed by atoms with Gasteiger partial charge in [-0.1, -0.05) is 48.5 Å². The molecule has 0 aromatic heterocycles. The molecule has 1 N–H and O–H groups in total. The fraction of sp³-hybridized carbons (Fsp3) is 0.200. The van der Waals surface area contributed by atoms with Gasteiger partial charge in [-0.05, 0) is 47.0 Å². The van der Waals surface area contributed by atoms with Crippen molar-refractivity contribution in [3.05, 3.63) is 90.0 Å². The number of aliphatic hydroxyl groups excluding tert-OH is 1. The van der Waals surface area contributed by atoms with Crippen LogP contribution in [0.15, 0.2) is 78.9 Å². The maximum atomic E-state index is 11.5. The maximum Gasteiger partial charge on any atom is 0.306 e. The van der Waals surface area contributed by atoms with E-state index in [2.05, 4.69) is 0 Å². The predicted molar refractivity (Wildman–Crippen MR) is 149 cm³/mol. The number of hydrogen-bond acceptors (Lipinski definition) is 8. The Labute approximate surface area is 228 Å². The number of rotatable bonds is 11.